The molecule has 1 N–H and O–H groups in total. The smallest absolute Gasteiger partial charge is 0.264 e. The van der Waals surface area contributed by atoms with Gasteiger partial charge < -0.3 is 10.2 Å². The van der Waals surface area contributed by atoms with Crippen LogP contribution in [0.25, 0.3) is 0 Å². The third-order valence-electron chi connectivity index (χ3n) is 7.34. The molecule has 7 nitrogen and oxygen atoms in total. The molecular weight excluding hydrogens is 605 g/mol. The average Bonchev–Trinajstić information content (AvgIpc) is 3.46. The first-order valence-electron chi connectivity index (χ1n) is 13.4. The van der Waals surface area contributed by atoms with Crippen molar-refractivity contribution in [2.24, 2.45) is 0 Å². The highest BCUT2D eigenvalue weighted by atomic mass is 35.5. The van der Waals surface area contributed by atoms with Crippen LogP contribution in [-0.2, 0) is 26.2 Å². The van der Waals surface area contributed by atoms with E-state index in [4.69, 9.17) is 34.8 Å². The minimum Gasteiger partial charge on any atom is -0.352 e. The summed E-state index contributed by atoms with van der Waals surface area (Å²) in [4.78, 5) is 28.8. The molecule has 218 valence electrons. The fourth-order valence-electron chi connectivity index (χ4n) is 4.91. The molecule has 3 aromatic rings. The maximum atomic E-state index is 14.1. The Balaban J connectivity index is 1.73. The van der Waals surface area contributed by atoms with Crippen LogP contribution in [0.1, 0.15) is 43.7 Å². The molecule has 0 aliphatic heterocycles. The van der Waals surface area contributed by atoms with E-state index >= 15 is 0 Å². The maximum absolute atomic E-state index is 14.1. The summed E-state index contributed by atoms with van der Waals surface area (Å²) in [6.07, 6.45) is 3.83. The van der Waals surface area contributed by atoms with Crippen molar-refractivity contribution in [3.63, 3.8) is 0 Å². The second-order valence-corrected chi connectivity index (χ2v) is 13.2. The average molecular weight is 637 g/mol. The molecular formula is C30H32Cl3N3O4S. The fourth-order valence-corrected chi connectivity index (χ4v) is 7.04. The predicted molar refractivity (Wildman–Crippen MR) is 164 cm³/mol. The van der Waals surface area contributed by atoms with Crippen LogP contribution in [-0.4, -0.2) is 43.8 Å². The molecule has 1 atom stereocenters. The third kappa shape index (κ3) is 7.36. The van der Waals surface area contributed by atoms with Crippen LogP contribution in [0.15, 0.2) is 71.6 Å². The molecule has 0 aromatic heterocycles. The van der Waals surface area contributed by atoms with E-state index in [1.54, 1.807) is 68.4 Å². The molecule has 11 heteroatoms. The van der Waals surface area contributed by atoms with Crippen molar-refractivity contribution in [1.29, 1.82) is 0 Å². The predicted octanol–water partition coefficient (Wildman–Crippen LogP) is 6.63. The van der Waals surface area contributed by atoms with E-state index in [0.717, 1.165) is 30.0 Å². The zero-order valence-corrected chi connectivity index (χ0v) is 25.9. The summed E-state index contributed by atoms with van der Waals surface area (Å²) in [5, 5.41) is 4.17. The summed E-state index contributed by atoms with van der Waals surface area (Å²) in [6.45, 7) is 2.73. The Morgan fingerprint density at radius 2 is 1.63 bits per heavy atom. The normalized spacial score (nSPS) is 14.5. The zero-order valence-electron chi connectivity index (χ0n) is 22.8. The van der Waals surface area contributed by atoms with E-state index in [9.17, 15) is 18.0 Å². The van der Waals surface area contributed by atoms with Gasteiger partial charge in [-0.05, 0) is 74.2 Å². The minimum atomic E-state index is -4.19. The molecule has 41 heavy (non-hydrogen) atoms. The third-order valence-corrected chi connectivity index (χ3v) is 10.1. The number of nitrogens with one attached hydrogen (secondary N) is 1. The van der Waals surface area contributed by atoms with Gasteiger partial charge in [0.15, 0.2) is 0 Å². The molecule has 2 amide bonds. The summed E-state index contributed by atoms with van der Waals surface area (Å²) in [6, 6.07) is 16.8. The quantitative estimate of drug-likeness (QED) is 0.271. The van der Waals surface area contributed by atoms with E-state index in [-0.39, 0.29) is 29.1 Å². The van der Waals surface area contributed by atoms with Crippen LogP contribution >= 0.6 is 34.8 Å². The molecule has 0 heterocycles. The number of carbonyl (C=O) groups excluding carboxylic acids is 2. The molecule has 1 aliphatic rings. The van der Waals surface area contributed by atoms with E-state index in [1.165, 1.54) is 17.0 Å². The molecule has 4 rings (SSSR count). The summed E-state index contributed by atoms with van der Waals surface area (Å²) in [7, 11) is -4.19. The lowest BCUT2D eigenvalue weighted by molar-refractivity contribution is -0.139. The van der Waals surface area contributed by atoms with Crippen LogP contribution in [0.3, 0.4) is 0 Å². The van der Waals surface area contributed by atoms with Gasteiger partial charge in [-0.2, -0.15) is 0 Å². The number of amides is 2. The van der Waals surface area contributed by atoms with Crippen molar-refractivity contribution in [2.45, 2.75) is 63.1 Å². The molecule has 1 fully saturated rings. The second kappa shape index (κ2) is 13.5. The Morgan fingerprint density at radius 1 is 0.951 bits per heavy atom. The maximum Gasteiger partial charge on any atom is 0.264 e. The first-order valence-corrected chi connectivity index (χ1v) is 15.9. The Morgan fingerprint density at radius 3 is 2.29 bits per heavy atom. The van der Waals surface area contributed by atoms with Crippen LogP contribution in [0.5, 0.6) is 0 Å². The summed E-state index contributed by atoms with van der Waals surface area (Å²) in [5.74, 6) is -0.893. The molecule has 1 aliphatic carbocycles. The van der Waals surface area contributed by atoms with Crippen molar-refractivity contribution in [2.75, 3.05) is 10.8 Å². The monoisotopic (exact) mass is 635 g/mol. The van der Waals surface area contributed by atoms with Crippen molar-refractivity contribution >= 4 is 62.3 Å². The second-order valence-electron chi connectivity index (χ2n) is 10.1. The first-order chi connectivity index (χ1) is 19.5. The van der Waals surface area contributed by atoms with Crippen LogP contribution in [0, 0.1) is 6.92 Å². The van der Waals surface area contributed by atoms with E-state index in [2.05, 4.69) is 5.32 Å². The lowest BCUT2D eigenvalue weighted by Gasteiger charge is -2.33. The van der Waals surface area contributed by atoms with Crippen LogP contribution < -0.4 is 9.62 Å². The van der Waals surface area contributed by atoms with Gasteiger partial charge in [0.25, 0.3) is 10.0 Å². The molecule has 0 radical (unpaired) electrons. The molecule has 0 bridgehead atoms. The van der Waals surface area contributed by atoms with Gasteiger partial charge in [-0.15, -0.1) is 0 Å². The SMILES string of the molecule is Cc1c(Cl)cccc1N(CC(=O)N(Cc1ccc(Cl)cc1Cl)[C@@H](C)C(=O)NC1CCCC1)S(=O)(=O)c1ccccc1. The van der Waals surface area contributed by atoms with E-state index < -0.39 is 28.5 Å². The van der Waals surface area contributed by atoms with Crippen molar-refractivity contribution in [1.82, 2.24) is 10.2 Å². The molecule has 3 aromatic carbocycles. The van der Waals surface area contributed by atoms with Gasteiger partial charge in [-0.25, -0.2) is 8.42 Å². The highest BCUT2D eigenvalue weighted by molar-refractivity contribution is 7.92. The molecule has 0 spiro atoms. The van der Waals surface area contributed by atoms with Gasteiger partial charge in [0.05, 0.1) is 10.6 Å². The zero-order chi connectivity index (χ0) is 29.7. The van der Waals surface area contributed by atoms with Gasteiger partial charge in [0, 0.05) is 27.7 Å². The van der Waals surface area contributed by atoms with Crippen LogP contribution in [0.4, 0.5) is 5.69 Å². The lowest BCUT2D eigenvalue weighted by Crippen LogP contribution is -2.52. The van der Waals surface area contributed by atoms with Gasteiger partial charge >= 0.3 is 0 Å². The number of benzene rings is 3. The number of carbonyl (C=O) groups is 2. The van der Waals surface area contributed by atoms with Crippen molar-refractivity contribution < 1.29 is 18.0 Å². The molecule has 0 unspecified atom stereocenters. The van der Waals surface area contributed by atoms with Gasteiger partial charge in [-0.3, -0.25) is 13.9 Å². The van der Waals surface area contributed by atoms with Gasteiger partial charge in [0.1, 0.15) is 12.6 Å². The number of sulfonamides is 1. The number of hydrogen-bond donors (Lipinski definition) is 1. The molecule has 0 saturated heterocycles. The number of anilines is 1. The number of rotatable bonds is 10. The van der Waals surface area contributed by atoms with Crippen LogP contribution in [0.2, 0.25) is 15.1 Å². The summed E-state index contributed by atoms with van der Waals surface area (Å²) in [5.41, 5.74) is 1.34. The fraction of sp³-hybridized carbons (Fsp3) is 0.333. The Labute approximate surface area is 256 Å². The van der Waals surface area contributed by atoms with Crippen molar-refractivity contribution in [3.05, 3.63) is 92.9 Å². The van der Waals surface area contributed by atoms with E-state index in [1.807, 2.05) is 0 Å². The van der Waals surface area contributed by atoms with E-state index in [0.29, 0.717) is 26.2 Å². The summed E-state index contributed by atoms with van der Waals surface area (Å²) >= 11 is 18.9. The molecule has 1 saturated carbocycles. The largest absolute Gasteiger partial charge is 0.352 e. The Bertz CT molecular complexity index is 1510. The van der Waals surface area contributed by atoms with Crippen molar-refractivity contribution in [3.8, 4) is 0 Å². The first kappa shape index (κ1) is 31.2. The highest BCUT2D eigenvalue weighted by Gasteiger charge is 2.34. The topological polar surface area (TPSA) is 86.8 Å². The summed E-state index contributed by atoms with van der Waals surface area (Å²) < 4.78 is 28.9. The number of nitrogens with zero attached hydrogens (tertiary/aromatic N) is 2. The van der Waals surface area contributed by atoms with Gasteiger partial charge in [-0.1, -0.05) is 78.0 Å². The highest BCUT2D eigenvalue weighted by Crippen LogP contribution is 2.31. The number of halogens is 3. The lowest BCUT2D eigenvalue weighted by atomic mass is 10.1. The number of hydrogen-bond acceptors (Lipinski definition) is 4. The standard InChI is InChI=1S/C30H32Cl3N3O4S/c1-20-26(32)13-8-14-28(20)36(41(39,40)25-11-4-3-5-12-25)19-29(37)35(18-22-15-16-23(31)17-27(22)33)21(2)30(38)34-24-9-6-7-10-24/h3-5,8,11-17,21,24H,6-7,9-10,18-19H2,1-2H3,(H,34,38)/t21-/m0/s1. The minimum absolute atomic E-state index is 0.0199. The Hall–Kier alpha value is -2.78. The van der Waals surface area contributed by atoms with Gasteiger partial charge in [0.2, 0.25) is 11.8 Å². The Kier molecular flexibility index (Phi) is 10.2.